The van der Waals surface area contributed by atoms with Gasteiger partial charge >= 0.3 is 0 Å². The van der Waals surface area contributed by atoms with Gasteiger partial charge in [0.1, 0.15) is 0 Å². The SMILES string of the molecule is COCCNC(=O)CNC1CCC(C)(C)c2ccccc21. The third-order valence-corrected chi connectivity index (χ3v) is 4.26. The van der Waals surface area contributed by atoms with Crippen LogP contribution in [0.2, 0.25) is 0 Å². The number of carbonyl (C=O) groups is 1. The first-order valence-electron chi connectivity index (χ1n) is 7.63. The summed E-state index contributed by atoms with van der Waals surface area (Å²) in [5.41, 5.74) is 2.95. The summed E-state index contributed by atoms with van der Waals surface area (Å²) in [5, 5.41) is 6.23. The quantitative estimate of drug-likeness (QED) is 0.789. The Morgan fingerprint density at radius 3 is 2.90 bits per heavy atom. The summed E-state index contributed by atoms with van der Waals surface area (Å²) in [4.78, 5) is 11.8. The maximum Gasteiger partial charge on any atom is 0.234 e. The van der Waals surface area contributed by atoms with Gasteiger partial charge in [-0.1, -0.05) is 38.1 Å². The molecule has 1 atom stereocenters. The zero-order valence-corrected chi connectivity index (χ0v) is 13.2. The van der Waals surface area contributed by atoms with Crippen molar-refractivity contribution < 1.29 is 9.53 Å². The fourth-order valence-electron chi connectivity index (χ4n) is 3.00. The van der Waals surface area contributed by atoms with Gasteiger partial charge in [-0.05, 0) is 29.4 Å². The lowest BCUT2D eigenvalue weighted by molar-refractivity contribution is -0.120. The van der Waals surface area contributed by atoms with E-state index in [1.807, 2.05) is 0 Å². The van der Waals surface area contributed by atoms with E-state index in [4.69, 9.17) is 4.74 Å². The molecule has 116 valence electrons. The van der Waals surface area contributed by atoms with Crippen molar-refractivity contribution in [2.24, 2.45) is 0 Å². The van der Waals surface area contributed by atoms with Crippen LogP contribution < -0.4 is 10.6 Å². The molecule has 0 aliphatic heterocycles. The minimum absolute atomic E-state index is 0.0226. The van der Waals surface area contributed by atoms with Crippen molar-refractivity contribution in [3.8, 4) is 0 Å². The monoisotopic (exact) mass is 290 g/mol. The van der Waals surface area contributed by atoms with E-state index in [2.05, 4.69) is 48.7 Å². The molecule has 2 N–H and O–H groups in total. The molecule has 2 rings (SSSR count). The van der Waals surface area contributed by atoms with Gasteiger partial charge in [-0.15, -0.1) is 0 Å². The van der Waals surface area contributed by atoms with Crippen molar-refractivity contribution in [3.63, 3.8) is 0 Å². The summed E-state index contributed by atoms with van der Waals surface area (Å²) < 4.78 is 4.92. The van der Waals surface area contributed by atoms with Crippen LogP contribution in [0.15, 0.2) is 24.3 Å². The molecular weight excluding hydrogens is 264 g/mol. The Kier molecular flexibility index (Phi) is 5.37. The number of fused-ring (bicyclic) bond motifs is 1. The lowest BCUT2D eigenvalue weighted by Gasteiger charge is -2.37. The van der Waals surface area contributed by atoms with Gasteiger partial charge in [0.15, 0.2) is 0 Å². The van der Waals surface area contributed by atoms with Gasteiger partial charge in [0.2, 0.25) is 5.91 Å². The first-order valence-corrected chi connectivity index (χ1v) is 7.63. The molecule has 0 aromatic heterocycles. The first kappa shape index (κ1) is 16.0. The van der Waals surface area contributed by atoms with Crippen LogP contribution in [0.3, 0.4) is 0 Å². The van der Waals surface area contributed by atoms with Crippen LogP contribution in [-0.2, 0) is 14.9 Å². The van der Waals surface area contributed by atoms with Gasteiger partial charge in [-0.25, -0.2) is 0 Å². The van der Waals surface area contributed by atoms with E-state index in [1.165, 1.54) is 11.1 Å². The molecule has 1 aliphatic carbocycles. The maximum absolute atomic E-state index is 11.8. The number of ether oxygens (including phenoxy) is 1. The van der Waals surface area contributed by atoms with Gasteiger partial charge in [0.05, 0.1) is 13.2 Å². The van der Waals surface area contributed by atoms with Gasteiger partial charge in [-0.3, -0.25) is 4.79 Å². The number of rotatable bonds is 6. The Bertz CT molecular complexity index is 485. The van der Waals surface area contributed by atoms with Crippen molar-refractivity contribution in [2.75, 3.05) is 26.8 Å². The van der Waals surface area contributed by atoms with Crippen molar-refractivity contribution in [1.29, 1.82) is 0 Å². The lowest BCUT2D eigenvalue weighted by atomic mass is 9.71. The van der Waals surface area contributed by atoms with E-state index in [0.717, 1.165) is 12.8 Å². The van der Waals surface area contributed by atoms with E-state index in [9.17, 15) is 4.79 Å². The Morgan fingerprint density at radius 1 is 1.38 bits per heavy atom. The van der Waals surface area contributed by atoms with Crippen LogP contribution in [0.5, 0.6) is 0 Å². The third kappa shape index (κ3) is 4.05. The van der Waals surface area contributed by atoms with Crippen LogP contribution >= 0.6 is 0 Å². The van der Waals surface area contributed by atoms with Crippen molar-refractivity contribution in [1.82, 2.24) is 10.6 Å². The molecule has 0 radical (unpaired) electrons. The molecule has 4 heteroatoms. The highest BCUT2D eigenvalue weighted by Gasteiger charge is 2.32. The zero-order valence-electron chi connectivity index (χ0n) is 13.2. The molecule has 0 saturated carbocycles. The Morgan fingerprint density at radius 2 is 2.14 bits per heavy atom. The molecule has 21 heavy (non-hydrogen) atoms. The van der Waals surface area contributed by atoms with E-state index >= 15 is 0 Å². The standard InChI is InChI=1S/C17H26N2O2/c1-17(2)9-8-15(13-6-4-5-7-14(13)17)19-12-16(20)18-10-11-21-3/h4-7,15,19H,8-12H2,1-3H3,(H,18,20). The topological polar surface area (TPSA) is 50.4 Å². The molecule has 1 aliphatic rings. The molecule has 0 heterocycles. The number of amides is 1. The summed E-state index contributed by atoms with van der Waals surface area (Å²) in [6.07, 6.45) is 2.20. The van der Waals surface area contributed by atoms with E-state index < -0.39 is 0 Å². The van der Waals surface area contributed by atoms with E-state index in [1.54, 1.807) is 7.11 Å². The normalized spacial score (nSPS) is 19.9. The largest absolute Gasteiger partial charge is 0.383 e. The first-order chi connectivity index (χ1) is 10.0. The molecule has 0 fully saturated rings. The maximum atomic E-state index is 11.8. The molecular formula is C17H26N2O2. The minimum atomic E-state index is 0.0226. The Balaban J connectivity index is 1.95. The summed E-state index contributed by atoms with van der Waals surface area (Å²) >= 11 is 0. The van der Waals surface area contributed by atoms with Crippen molar-refractivity contribution in [3.05, 3.63) is 35.4 Å². The molecule has 0 spiro atoms. The van der Waals surface area contributed by atoms with Gasteiger partial charge in [-0.2, -0.15) is 0 Å². The number of methoxy groups -OCH3 is 1. The van der Waals surface area contributed by atoms with Gasteiger partial charge in [0.25, 0.3) is 0 Å². The second-order valence-electron chi connectivity index (χ2n) is 6.29. The summed E-state index contributed by atoms with van der Waals surface area (Å²) in [6, 6.07) is 8.83. The highest BCUT2D eigenvalue weighted by atomic mass is 16.5. The number of hydrogen-bond acceptors (Lipinski definition) is 3. The second kappa shape index (κ2) is 7.05. The van der Waals surface area contributed by atoms with Crippen molar-refractivity contribution in [2.45, 2.75) is 38.1 Å². The fourth-order valence-corrected chi connectivity index (χ4v) is 3.00. The average Bonchev–Trinajstić information content (AvgIpc) is 2.47. The van der Waals surface area contributed by atoms with Crippen LogP contribution in [0.1, 0.15) is 43.9 Å². The van der Waals surface area contributed by atoms with Crippen LogP contribution in [-0.4, -0.2) is 32.7 Å². The Hall–Kier alpha value is -1.39. The number of carbonyl (C=O) groups excluding carboxylic acids is 1. The summed E-state index contributed by atoms with van der Waals surface area (Å²) in [7, 11) is 1.63. The average molecular weight is 290 g/mol. The molecule has 1 aromatic carbocycles. The predicted octanol–water partition coefficient (Wildman–Crippen LogP) is 2.15. The smallest absolute Gasteiger partial charge is 0.234 e. The predicted molar refractivity (Wildman–Crippen MR) is 84.3 cm³/mol. The fraction of sp³-hybridized carbons (Fsp3) is 0.588. The highest BCUT2D eigenvalue weighted by Crippen LogP contribution is 2.41. The van der Waals surface area contributed by atoms with Crippen LogP contribution in [0, 0.1) is 0 Å². The van der Waals surface area contributed by atoms with Gasteiger partial charge < -0.3 is 15.4 Å². The van der Waals surface area contributed by atoms with Crippen LogP contribution in [0.25, 0.3) is 0 Å². The second-order valence-corrected chi connectivity index (χ2v) is 6.29. The molecule has 1 aromatic rings. The molecule has 4 nitrogen and oxygen atoms in total. The molecule has 1 amide bonds. The number of nitrogens with one attached hydrogen (secondary N) is 2. The van der Waals surface area contributed by atoms with Gasteiger partial charge in [0, 0.05) is 19.7 Å². The van der Waals surface area contributed by atoms with E-state index in [0.29, 0.717) is 19.7 Å². The van der Waals surface area contributed by atoms with Crippen LogP contribution in [0.4, 0.5) is 0 Å². The summed E-state index contributed by atoms with van der Waals surface area (Å²) in [6.45, 7) is 6.04. The van der Waals surface area contributed by atoms with Crippen molar-refractivity contribution >= 4 is 5.91 Å². The highest BCUT2D eigenvalue weighted by molar-refractivity contribution is 5.78. The molecule has 0 saturated heterocycles. The van der Waals surface area contributed by atoms with E-state index in [-0.39, 0.29) is 17.4 Å². The number of benzene rings is 1. The zero-order chi connectivity index (χ0) is 15.3. The lowest BCUT2D eigenvalue weighted by Crippen LogP contribution is -2.39. The summed E-state index contributed by atoms with van der Waals surface area (Å²) in [5.74, 6) is 0.0226. The number of hydrogen-bond donors (Lipinski definition) is 2. The molecule has 1 unspecified atom stereocenters. The molecule has 0 bridgehead atoms. The Labute approximate surface area is 127 Å². The third-order valence-electron chi connectivity index (χ3n) is 4.26. The minimum Gasteiger partial charge on any atom is -0.383 e.